The summed E-state index contributed by atoms with van der Waals surface area (Å²) in [6.45, 7) is 0. The van der Waals surface area contributed by atoms with Crippen molar-refractivity contribution in [3.05, 3.63) is 288 Å². The van der Waals surface area contributed by atoms with Crippen LogP contribution < -0.4 is 10.6 Å². The lowest BCUT2D eigenvalue weighted by Crippen LogP contribution is -2.44. The zero-order chi connectivity index (χ0) is 43.2. The Bertz CT molecular complexity index is 3300. The Hall–Kier alpha value is -8.11. The van der Waals surface area contributed by atoms with Crippen LogP contribution in [0.4, 0.5) is 0 Å². The molecule has 0 saturated heterocycles. The quantitative estimate of drug-likeness (QED) is 0.160. The molecule has 2 N–H and O–H groups in total. The molecule has 0 aromatic heterocycles. The van der Waals surface area contributed by atoms with Crippen LogP contribution in [0.1, 0.15) is 51.3 Å². The van der Waals surface area contributed by atoms with Gasteiger partial charge in [-0.05, 0) is 94.7 Å². The minimum atomic E-state index is -0.480. The molecule has 3 heteroatoms. The highest BCUT2D eigenvalue weighted by Crippen LogP contribution is 2.57. The SMILES string of the molecule is c1ccc(C2=NC(c3ccc(-c4c(-c5ccc6c(c5)C(c5ccccc5)(c5ccccc5)c5ccccc5-6)ccc5ccccc45)cc3)NC(c3ccc(-c4ccccc4)cc3)N2)cc1. The van der Waals surface area contributed by atoms with Crippen LogP contribution in [0.3, 0.4) is 0 Å². The molecule has 308 valence electrons. The molecule has 2 aliphatic rings. The number of aliphatic imine (C=N–C) groups is 1. The first kappa shape index (κ1) is 38.6. The number of fused-ring (bicyclic) bond motifs is 4. The number of nitrogens with zero attached hydrogens (tertiary/aromatic N) is 1. The van der Waals surface area contributed by atoms with Crippen LogP contribution in [-0.2, 0) is 5.41 Å². The number of hydrogen-bond donors (Lipinski definition) is 2. The molecule has 0 saturated carbocycles. The molecule has 1 aliphatic carbocycles. The normalized spacial score (nSPS) is 16.0. The average molecular weight is 832 g/mol. The van der Waals surface area contributed by atoms with Crippen molar-refractivity contribution in [1.29, 1.82) is 0 Å². The highest BCUT2D eigenvalue weighted by Gasteiger charge is 2.46. The fraction of sp³-hybridized carbons (Fsp3) is 0.0484. The predicted molar refractivity (Wildman–Crippen MR) is 269 cm³/mol. The van der Waals surface area contributed by atoms with E-state index in [4.69, 9.17) is 4.99 Å². The molecule has 0 bridgehead atoms. The maximum atomic E-state index is 5.29. The second-order valence-corrected chi connectivity index (χ2v) is 17.1. The second kappa shape index (κ2) is 16.2. The highest BCUT2D eigenvalue weighted by molar-refractivity contribution is 6.05. The fourth-order valence-corrected chi connectivity index (χ4v) is 10.4. The van der Waals surface area contributed by atoms with E-state index in [0.29, 0.717) is 0 Å². The number of rotatable bonds is 8. The van der Waals surface area contributed by atoms with Gasteiger partial charge in [-0.25, -0.2) is 4.99 Å². The van der Waals surface area contributed by atoms with E-state index in [1.165, 1.54) is 72.0 Å². The zero-order valence-corrected chi connectivity index (χ0v) is 35.8. The van der Waals surface area contributed by atoms with Gasteiger partial charge in [0.15, 0.2) is 0 Å². The lowest BCUT2D eigenvalue weighted by Gasteiger charge is -2.34. The number of benzene rings is 10. The van der Waals surface area contributed by atoms with Crippen LogP contribution in [0.15, 0.2) is 254 Å². The third-order valence-electron chi connectivity index (χ3n) is 13.5. The molecule has 12 rings (SSSR count). The van der Waals surface area contributed by atoms with Gasteiger partial charge in [-0.3, -0.25) is 5.32 Å². The summed E-state index contributed by atoms with van der Waals surface area (Å²) in [6.07, 6.45) is -0.416. The van der Waals surface area contributed by atoms with E-state index in [1.54, 1.807) is 0 Å². The minimum absolute atomic E-state index is 0.147. The summed E-state index contributed by atoms with van der Waals surface area (Å²) in [5, 5.41) is 9.99. The smallest absolute Gasteiger partial charge is 0.131 e. The molecule has 65 heavy (non-hydrogen) atoms. The van der Waals surface area contributed by atoms with Crippen molar-refractivity contribution < 1.29 is 0 Å². The third kappa shape index (κ3) is 6.68. The molecular formula is C62H45N3. The molecule has 10 aromatic carbocycles. The minimum Gasteiger partial charge on any atom is -0.350 e. The largest absolute Gasteiger partial charge is 0.350 e. The molecule has 1 heterocycles. The van der Waals surface area contributed by atoms with Crippen LogP contribution in [0.25, 0.3) is 55.3 Å². The highest BCUT2D eigenvalue weighted by atomic mass is 15.3. The van der Waals surface area contributed by atoms with Crippen molar-refractivity contribution in [3.8, 4) is 44.5 Å². The summed E-state index contributed by atoms with van der Waals surface area (Å²) >= 11 is 0. The Morgan fingerprint density at radius 2 is 0.892 bits per heavy atom. The van der Waals surface area contributed by atoms with Crippen LogP contribution in [0, 0.1) is 0 Å². The fourth-order valence-electron chi connectivity index (χ4n) is 10.4. The molecule has 2 atom stereocenters. The van der Waals surface area contributed by atoms with Crippen LogP contribution in [-0.4, -0.2) is 5.84 Å². The number of hydrogen-bond acceptors (Lipinski definition) is 3. The van der Waals surface area contributed by atoms with Gasteiger partial charge in [0, 0.05) is 5.56 Å². The van der Waals surface area contributed by atoms with Gasteiger partial charge in [0.1, 0.15) is 18.2 Å². The van der Waals surface area contributed by atoms with Crippen molar-refractivity contribution in [2.24, 2.45) is 4.99 Å². The van der Waals surface area contributed by atoms with Gasteiger partial charge in [-0.2, -0.15) is 0 Å². The summed E-state index contributed by atoms with van der Waals surface area (Å²) in [7, 11) is 0. The first-order valence-electron chi connectivity index (χ1n) is 22.5. The van der Waals surface area contributed by atoms with E-state index >= 15 is 0 Å². The van der Waals surface area contributed by atoms with Crippen LogP contribution >= 0.6 is 0 Å². The second-order valence-electron chi connectivity index (χ2n) is 17.1. The maximum absolute atomic E-state index is 5.29. The summed E-state index contributed by atoms with van der Waals surface area (Å²) in [5.41, 5.74) is 17.7. The zero-order valence-electron chi connectivity index (χ0n) is 35.8. The molecule has 2 unspecified atom stereocenters. The Balaban J connectivity index is 0.961. The molecule has 0 fully saturated rings. The van der Waals surface area contributed by atoms with Gasteiger partial charge in [0.2, 0.25) is 0 Å². The van der Waals surface area contributed by atoms with Crippen molar-refractivity contribution in [1.82, 2.24) is 10.6 Å². The molecule has 0 amide bonds. The van der Waals surface area contributed by atoms with Gasteiger partial charge in [0.25, 0.3) is 0 Å². The molecule has 3 nitrogen and oxygen atoms in total. The number of nitrogens with one attached hydrogen (secondary N) is 2. The Labute approximate surface area is 380 Å². The van der Waals surface area contributed by atoms with Crippen molar-refractivity contribution >= 4 is 16.6 Å². The molecule has 0 spiro atoms. The van der Waals surface area contributed by atoms with Gasteiger partial charge >= 0.3 is 0 Å². The van der Waals surface area contributed by atoms with Gasteiger partial charge < -0.3 is 5.32 Å². The Kier molecular flexibility index (Phi) is 9.62. The van der Waals surface area contributed by atoms with E-state index in [-0.39, 0.29) is 12.3 Å². The van der Waals surface area contributed by atoms with Crippen molar-refractivity contribution in [3.63, 3.8) is 0 Å². The summed E-state index contributed by atoms with van der Waals surface area (Å²) in [5.74, 6) is 0.868. The summed E-state index contributed by atoms with van der Waals surface area (Å²) in [6, 6.07) is 90.5. The van der Waals surface area contributed by atoms with Gasteiger partial charge in [-0.15, -0.1) is 0 Å². The summed E-state index contributed by atoms with van der Waals surface area (Å²) < 4.78 is 0. The standard InChI is InChI=1S/C62H45N3/c1-5-17-42(18-6-1)43-29-33-47(34-30-43)60-63-59(46-20-7-2-8-21-46)64-61(65-60)48-35-31-45(32-36-48)58-52-26-14-13-19-44(52)37-39-53(58)49-38-40-55-54-27-15-16-28-56(54)62(57(55)41-49,50-22-9-3-10-23-50)51-24-11-4-12-25-51/h1-41,60-61,65H,(H,63,64). The van der Waals surface area contributed by atoms with E-state index in [2.05, 4.69) is 253 Å². The Morgan fingerprint density at radius 3 is 1.60 bits per heavy atom. The maximum Gasteiger partial charge on any atom is 0.131 e. The lowest BCUT2D eigenvalue weighted by atomic mass is 9.67. The molecule has 0 radical (unpaired) electrons. The lowest BCUT2D eigenvalue weighted by molar-refractivity contribution is 0.409. The average Bonchev–Trinajstić information content (AvgIpc) is 3.69. The van der Waals surface area contributed by atoms with Gasteiger partial charge in [-0.1, -0.05) is 243 Å². The van der Waals surface area contributed by atoms with Crippen LogP contribution in [0.5, 0.6) is 0 Å². The molecule has 1 aliphatic heterocycles. The van der Waals surface area contributed by atoms with E-state index in [1.807, 2.05) is 6.07 Å². The first-order chi connectivity index (χ1) is 32.2. The molecule has 10 aromatic rings. The van der Waals surface area contributed by atoms with Crippen LogP contribution in [0.2, 0.25) is 0 Å². The topological polar surface area (TPSA) is 36.4 Å². The van der Waals surface area contributed by atoms with E-state index in [9.17, 15) is 0 Å². The van der Waals surface area contributed by atoms with E-state index < -0.39 is 5.41 Å². The third-order valence-corrected chi connectivity index (χ3v) is 13.5. The van der Waals surface area contributed by atoms with E-state index in [0.717, 1.165) is 28.1 Å². The first-order valence-corrected chi connectivity index (χ1v) is 22.5. The van der Waals surface area contributed by atoms with Crippen molar-refractivity contribution in [2.45, 2.75) is 17.7 Å². The van der Waals surface area contributed by atoms with Crippen molar-refractivity contribution in [2.75, 3.05) is 0 Å². The monoisotopic (exact) mass is 831 g/mol. The molecular weight excluding hydrogens is 787 g/mol. The van der Waals surface area contributed by atoms with Gasteiger partial charge in [0.05, 0.1) is 5.41 Å². The Morgan fingerprint density at radius 1 is 0.369 bits per heavy atom. The number of amidine groups is 1. The summed E-state index contributed by atoms with van der Waals surface area (Å²) in [4.78, 5) is 5.29. The predicted octanol–water partition coefficient (Wildman–Crippen LogP) is 14.5.